The largest absolute Gasteiger partial charge is 0.376 e. The molecule has 1 aromatic rings. The van der Waals surface area contributed by atoms with E-state index in [-0.39, 0.29) is 11.5 Å². The number of amides is 1. The predicted molar refractivity (Wildman–Crippen MR) is 91.2 cm³/mol. The van der Waals surface area contributed by atoms with Crippen LogP contribution in [0.5, 0.6) is 0 Å². The number of nitriles is 1. The van der Waals surface area contributed by atoms with Crippen molar-refractivity contribution in [3.63, 3.8) is 0 Å². The van der Waals surface area contributed by atoms with Gasteiger partial charge in [-0.25, -0.2) is 0 Å². The summed E-state index contributed by atoms with van der Waals surface area (Å²) in [4.78, 5) is 18.3. The summed E-state index contributed by atoms with van der Waals surface area (Å²) < 4.78 is 0. The Hall–Kier alpha value is -2.35. The predicted octanol–water partition coefficient (Wildman–Crippen LogP) is 3.01. The zero-order valence-electron chi connectivity index (χ0n) is 14.1. The molecule has 1 heterocycles. The topological polar surface area (TPSA) is 69.0 Å². The van der Waals surface area contributed by atoms with Gasteiger partial charge in [0.2, 0.25) is 0 Å². The van der Waals surface area contributed by atoms with E-state index in [4.69, 9.17) is 0 Å². The number of hydrogen-bond acceptors (Lipinski definition) is 4. The van der Waals surface area contributed by atoms with Crippen molar-refractivity contribution in [2.45, 2.75) is 46.1 Å². The van der Waals surface area contributed by atoms with Gasteiger partial charge in [-0.2, -0.15) is 5.26 Å². The number of aromatic nitrogens is 1. The standard InChI is InChI=1S/C18H26N4O/c1-3-5-10-22(11-6-4-2)15-17(12-19)18(23)21-14-16-8-7-9-20-13-16/h7-9,13,15H,3-6,10-11,14H2,1-2H3,(H,21,23)/b17-15-. The number of pyridine rings is 1. The van der Waals surface area contributed by atoms with Crippen molar-refractivity contribution in [2.75, 3.05) is 13.1 Å². The van der Waals surface area contributed by atoms with E-state index in [0.717, 1.165) is 44.3 Å². The van der Waals surface area contributed by atoms with Crippen molar-refractivity contribution in [3.05, 3.63) is 41.9 Å². The van der Waals surface area contributed by atoms with Crippen LogP contribution >= 0.6 is 0 Å². The molecule has 0 aliphatic rings. The van der Waals surface area contributed by atoms with Gasteiger partial charge in [0.05, 0.1) is 0 Å². The number of nitrogens with zero attached hydrogens (tertiary/aromatic N) is 3. The monoisotopic (exact) mass is 314 g/mol. The van der Waals surface area contributed by atoms with Gasteiger partial charge in [0.25, 0.3) is 5.91 Å². The lowest BCUT2D eigenvalue weighted by molar-refractivity contribution is -0.117. The molecule has 5 heteroatoms. The number of nitrogens with one attached hydrogen (secondary N) is 1. The number of carbonyl (C=O) groups excluding carboxylic acids is 1. The third-order valence-electron chi connectivity index (χ3n) is 3.45. The third-order valence-corrected chi connectivity index (χ3v) is 3.45. The lowest BCUT2D eigenvalue weighted by Crippen LogP contribution is -2.27. The van der Waals surface area contributed by atoms with E-state index in [0.29, 0.717) is 6.54 Å². The molecule has 23 heavy (non-hydrogen) atoms. The first-order valence-corrected chi connectivity index (χ1v) is 8.24. The van der Waals surface area contributed by atoms with Crippen LogP contribution < -0.4 is 5.32 Å². The third kappa shape index (κ3) is 7.46. The molecular formula is C18H26N4O. The molecule has 0 aliphatic carbocycles. The van der Waals surface area contributed by atoms with Gasteiger partial charge >= 0.3 is 0 Å². The van der Waals surface area contributed by atoms with Gasteiger partial charge in [-0.05, 0) is 24.5 Å². The van der Waals surface area contributed by atoms with Crippen LogP contribution in [-0.2, 0) is 11.3 Å². The zero-order valence-corrected chi connectivity index (χ0v) is 14.1. The average Bonchev–Trinajstić information content (AvgIpc) is 2.60. The van der Waals surface area contributed by atoms with Crippen molar-refractivity contribution < 1.29 is 4.79 Å². The molecule has 0 saturated carbocycles. The summed E-state index contributed by atoms with van der Waals surface area (Å²) in [5.74, 6) is -0.339. The van der Waals surface area contributed by atoms with Crippen LogP contribution in [0.15, 0.2) is 36.3 Å². The minimum absolute atomic E-state index is 0.154. The van der Waals surface area contributed by atoms with E-state index >= 15 is 0 Å². The van der Waals surface area contributed by atoms with Gasteiger partial charge in [0.15, 0.2) is 0 Å². The summed E-state index contributed by atoms with van der Waals surface area (Å²) >= 11 is 0. The molecule has 0 aliphatic heterocycles. The van der Waals surface area contributed by atoms with Gasteiger partial charge in [-0.15, -0.1) is 0 Å². The lowest BCUT2D eigenvalue weighted by atomic mass is 10.2. The van der Waals surface area contributed by atoms with Gasteiger partial charge in [-0.3, -0.25) is 9.78 Å². The summed E-state index contributed by atoms with van der Waals surface area (Å²) in [5, 5.41) is 12.0. The Morgan fingerprint density at radius 2 is 2.04 bits per heavy atom. The highest BCUT2D eigenvalue weighted by Crippen LogP contribution is 2.04. The minimum atomic E-state index is -0.339. The van der Waals surface area contributed by atoms with Gasteiger partial charge in [-0.1, -0.05) is 32.8 Å². The second-order valence-electron chi connectivity index (χ2n) is 5.44. The van der Waals surface area contributed by atoms with Crippen LogP contribution in [0.1, 0.15) is 45.1 Å². The number of rotatable bonds is 10. The lowest BCUT2D eigenvalue weighted by Gasteiger charge is -2.20. The van der Waals surface area contributed by atoms with Crippen molar-refractivity contribution in [2.24, 2.45) is 0 Å². The van der Waals surface area contributed by atoms with Crippen LogP contribution in [-0.4, -0.2) is 28.9 Å². The van der Waals surface area contributed by atoms with Crippen LogP contribution in [0.4, 0.5) is 0 Å². The fourth-order valence-corrected chi connectivity index (χ4v) is 2.06. The summed E-state index contributed by atoms with van der Waals surface area (Å²) in [6, 6.07) is 5.72. The minimum Gasteiger partial charge on any atom is -0.376 e. The van der Waals surface area contributed by atoms with E-state index in [9.17, 15) is 10.1 Å². The Kier molecular flexibility index (Phi) is 9.14. The Bertz CT molecular complexity index is 526. The first-order valence-electron chi connectivity index (χ1n) is 8.24. The Morgan fingerprint density at radius 3 is 2.57 bits per heavy atom. The molecule has 0 atom stereocenters. The molecule has 1 rings (SSSR count). The van der Waals surface area contributed by atoms with E-state index in [2.05, 4.69) is 29.0 Å². The summed E-state index contributed by atoms with van der Waals surface area (Å²) in [6.07, 6.45) is 9.36. The van der Waals surface area contributed by atoms with Gasteiger partial charge in [0, 0.05) is 38.2 Å². The van der Waals surface area contributed by atoms with E-state index in [1.807, 2.05) is 18.2 Å². The van der Waals surface area contributed by atoms with Crippen molar-refractivity contribution in [1.29, 1.82) is 5.26 Å². The highest BCUT2D eigenvalue weighted by atomic mass is 16.1. The molecule has 1 aromatic heterocycles. The molecule has 0 unspecified atom stereocenters. The SMILES string of the molecule is CCCCN(/C=C(/C#N)C(=O)NCc1cccnc1)CCCC. The summed E-state index contributed by atoms with van der Waals surface area (Å²) in [6.45, 7) is 6.38. The molecule has 0 fully saturated rings. The molecule has 0 aromatic carbocycles. The second kappa shape index (κ2) is 11.2. The first kappa shape index (κ1) is 18.7. The molecule has 0 bridgehead atoms. The molecule has 0 radical (unpaired) electrons. The van der Waals surface area contributed by atoms with Gasteiger partial charge in [0.1, 0.15) is 11.6 Å². The zero-order chi connectivity index (χ0) is 16.9. The van der Waals surface area contributed by atoms with Crippen molar-refractivity contribution >= 4 is 5.91 Å². The highest BCUT2D eigenvalue weighted by molar-refractivity contribution is 5.97. The maximum atomic E-state index is 12.2. The van der Waals surface area contributed by atoms with Crippen LogP contribution in [0.2, 0.25) is 0 Å². The maximum Gasteiger partial charge on any atom is 0.263 e. The molecule has 0 spiro atoms. The van der Waals surface area contributed by atoms with E-state index in [1.165, 1.54) is 0 Å². The molecule has 124 valence electrons. The fraction of sp³-hybridized carbons (Fsp3) is 0.500. The molecule has 5 nitrogen and oxygen atoms in total. The smallest absolute Gasteiger partial charge is 0.263 e. The van der Waals surface area contributed by atoms with Crippen molar-refractivity contribution in [1.82, 2.24) is 15.2 Å². The second-order valence-corrected chi connectivity index (χ2v) is 5.44. The van der Waals surface area contributed by atoms with Crippen molar-refractivity contribution in [3.8, 4) is 6.07 Å². The number of hydrogen-bond donors (Lipinski definition) is 1. The maximum absolute atomic E-state index is 12.2. The summed E-state index contributed by atoms with van der Waals surface area (Å²) in [5.41, 5.74) is 1.06. The average molecular weight is 314 g/mol. The first-order chi connectivity index (χ1) is 11.2. The quantitative estimate of drug-likeness (QED) is 0.532. The van der Waals surface area contributed by atoms with Crippen LogP contribution in [0, 0.1) is 11.3 Å². The van der Waals surface area contributed by atoms with E-state index in [1.54, 1.807) is 18.6 Å². The molecule has 1 N–H and O–H groups in total. The fourth-order valence-electron chi connectivity index (χ4n) is 2.06. The number of carbonyl (C=O) groups is 1. The van der Waals surface area contributed by atoms with E-state index < -0.39 is 0 Å². The highest BCUT2D eigenvalue weighted by Gasteiger charge is 2.11. The number of unbranched alkanes of at least 4 members (excludes halogenated alkanes) is 2. The van der Waals surface area contributed by atoms with Crippen LogP contribution in [0.3, 0.4) is 0 Å². The Morgan fingerprint density at radius 1 is 1.35 bits per heavy atom. The van der Waals surface area contributed by atoms with Crippen LogP contribution in [0.25, 0.3) is 0 Å². The van der Waals surface area contributed by atoms with Gasteiger partial charge < -0.3 is 10.2 Å². The Labute approximate surface area is 139 Å². The molecule has 0 saturated heterocycles. The normalized spacial score (nSPS) is 10.9. The molecule has 1 amide bonds. The Balaban J connectivity index is 2.66. The summed E-state index contributed by atoms with van der Waals surface area (Å²) in [7, 11) is 0. The molecular weight excluding hydrogens is 288 g/mol.